The molecule has 1 N–H and O–H groups in total. The minimum atomic E-state index is -5.07. The van der Waals surface area contributed by atoms with Gasteiger partial charge in [0.2, 0.25) is 0 Å². The van der Waals surface area contributed by atoms with Gasteiger partial charge < -0.3 is 19.5 Å². The van der Waals surface area contributed by atoms with E-state index in [0.717, 1.165) is 20.3 Å². The first kappa shape index (κ1) is 16.6. The Hall–Kier alpha value is -2.45. The van der Waals surface area contributed by atoms with Gasteiger partial charge in [0.1, 0.15) is 11.3 Å². The first-order chi connectivity index (χ1) is 9.76. The first-order valence-corrected chi connectivity index (χ1v) is 5.47. The highest BCUT2D eigenvalue weighted by Gasteiger charge is 2.39. The summed E-state index contributed by atoms with van der Waals surface area (Å²) < 4.78 is 51.1. The molecule has 0 saturated carbocycles. The van der Waals surface area contributed by atoms with Gasteiger partial charge in [0.05, 0.1) is 27.0 Å². The predicted octanol–water partition coefficient (Wildman–Crippen LogP) is 1.99. The van der Waals surface area contributed by atoms with Gasteiger partial charge in [0.15, 0.2) is 5.75 Å². The van der Waals surface area contributed by atoms with E-state index < -0.39 is 18.1 Å². The number of carbonyl (C=O) groups is 2. The molecule has 0 radical (unpaired) electrons. The lowest BCUT2D eigenvalue weighted by molar-refractivity contribution is -0.167. The van der Waals surface area contributed by atoms with Crippen LogP contribution in [0.25, 0.3) is 0 Å². The summed E-state index contributed by atoms with van der Waals surface area (Å²) in [5.74, 6) is -3.34. The van der Waals surface area contributed by atoms with Gasteiger partial charge >= 0.3 is 18.1 Å². The molecule has 0 saturated heterocycles. The Bertz CT molecular complexity index is 557. The number of halogens is 3. The summed E-state index contributed by atoms with van der Waals surface area (Å²) in [4.78, 5) is 22.7. The maximum Gasteiger partial charge on any atom is 0.471 e. The van der Waals surface area contributed by atoms with E-state index in [1.807, 2.05) is 0 Å². The third kappa shape index (κ3) is 3.56. The number of esters is 1. The Balaban J connectivity index is 3.35. The van der Waals surface area contributed by atoms with Crippen molar-refractivity contribution in [2.75, 3.05) is 26.6 Å². The number of hydrogen-bond donors (Lipinski definition) is 1. The van der Waals surface area contributed by atoms with E-state index in [4.69, 9.17) is 9.47 Å². The van der Waals surface area contributed by atoms with Crippen LogP contribution in [0.15, 0.2) is 12.1 Å². The maximum absolute atomic E-state index is 12.3. The van der Waals surface area contributed by atoms with Crippen molar-refractivity contribution in [2.24, 2.45) is 0 Å². The average Bonchev–Trinajstić information content (AvgIpc) is 2.44. The molecule has 0 aromatic heterocycles. The molecule has 0 aliphatic rings. The van der Waals surface area contributed by atoms with Crippen LogP contribution in [0.3, 0.4) is 0 Å². The van der Waals surface area contributed by atoms with E-state index in [1.165, 1.54) is 13.2 Å². The molecule has 1 aromatic rings. The van der Waals surface area contributed by atoms with Crippen LogP contribution in [-0.2, 0) is 9.53 Å². The van der Waals surface area contributed by atoms with Crippen molar-refractivity contribution in [1.29, 1.82) is 0 Å². The zero-order valence-corrected chi connectivity index (χ0v) is 11.3. The van der Waals surface area contributed by atoms with Crippen molar-refractivity contribution in [3.05, 3.63) is 17.7 Å². The molecule has 0 aliphatic carbocycles. The maximum atomic E-state index is 12.3. The summed E-state index contributed by atoms with van der Waals surface area (Å²) in [6.07, 6.45) is -5.07. The summed E-state index contributed by atoms with van der Waals surface area (Å²) in [5, 5.41) is 1.62. The molecule has 1 aromatic carbocycles. The van der Waals surface area contributed by atoms with Gasteiger partial charge in [0.25, 0.3) is 0 Å². The second-order valence-electron chi connectivity index (χ2n) is 3.67. The van der Waals surface area contributed by atoms with Crippen molar-refractivity contribution in [1.82, 2.24) is 0 Å². The van der Waals surface area contributed by atoms with Gasteiger partial charge in [-0.05, 0) is 12.1 Å². The fraction of sp³-hybridized carbons (Fsp3) is 0.333. The van der Waals surface area contributed by atoms with Crippen LogP contribution in [0, 0.1) is 0 Å². The highest BCUT2D eigenvalue weighted by molar-refractivity contribution is 6.02. The Morgan fingerprint density at radius 2 is 1.71 bits per heavy atom. The number of carbonyl (C=O) groups excluding carboxylic acids is 2. The van der Waals surface area contributed by atoms with Gasteiger partial charge in [-0.1, -0.05) is 0 Å². The standard InChI is InChI=1S/C12H12F3NO5/c1-19-7-5-4-6(16-11(18)12(13,14)15)9(20-2)8(7)10(17)21-3/h4-5H,1-3H3,(H,16,18). The number of methoxy groups -OCH3 is 3. The van der Waals surface area contributed by atoms with Crippen molar-refractivity contribution < 1.29 is 37.0 Å². The molecule has 0 atom stereocenters. The van der Waals surface area contributed by atoms with Crippen LogP contribution < -0.4 is 14.8 Å². The monoisotopic (exact) mass is 307 g/mol. The van der Waals surface area contributed by atoms with Crippen molar-refractivity contribution in [3.63, 3.8) is 0 Å². The fourth-order valence-electron chi connectivity index (χ4n) is 1.53. The molecule has 0 bridgehead atoms. The quantitative estimate of drug-likeness (QED) is 0.861. The van der Waals surface area contributed by atoms with Gasteiger partial charge in [-0.25, -0.2) is 4.79 Å². The molecule has 0 fully saturated rings. The second-order valence-corrected chi connectivity index (χ2v) is 3.67. The normalized spacial score (nSPS) is 10.8. The topological polar surface area (TPSA) is 73.9 Å². The van der Waals surface area contributed by atoms with E-state index >= 15 is 0 Å². The summed E-state index contributed by atoms with van der Waals surface area (Å²) in [6, 6.07) is 2.33. The first-order valence-electron chi connectivity index (χ1n) is 5.47. The molecule has 6 nitrogen and oxygen atoms in total. The number of nitrogens with one attached hydrogen (secondary N) is 1. The summed E-state index contributed by atoms with van der Waals surface area (Å²) in [7, 11) is 3.47. The molecule has 21 heavy (non-hydrogen) atoms. The molecule has 0 heterocycles. The van der Waals surface area contributed by atoms with E-state index in [0.29, 0.717) is 0 Å². The SMILES string of the molecule is COC(=O)c1c(OC)ccc(NC(=O)C(F)(F)F)c1OC. The molecule has 0 spiro atoms. The van der Waals surface area contributed by atoms with E-state index in [1.54, 1.807) is 5.32 Å². The largest absolute Gasteiger partial charge is 0.496 e. The number of ether oxygens (including phenoxy) is 3. The zero-order valence-electron chi connectivity index (χ0n) is 11.3. The van der Waals surface area contributed by atoms with E-state index in [9.17, 15) is 22.8 Å². The van der Waals surface area contributed by atoms with Crippen LogP contribution in [0.4, 0.5) is 18.9 Å². The molecule has 9 heteroatoms. The van der Waals surface area contributed by atoms with Crippen LogP contribution >= 0.6 is 0 Å². The number of benzene rings is 1. The summed E-state index contributed by atoms with van der Waals surface area (Å²) in [5.41, 5.74) is -0.566. The summed E-state index contributed by atoms with van der Waals surface area (Å²) in [6.45, 7) is 0. The van der Waals surface area contributed by atoms with Crippen molar-refractivity contribution >= 4 is 17.6 Å². The third-order valence-corrected chi connectivity index (χ3v) is 2.44. The van der Waals surface area contributed by atoms with Crippen LogP contribution in [0.5, 0.6) is 11.5 Å². The van der Waals surface area contributed by atoms with E-state index in [2.05, 4.69) is 4.74 Å². The number of amides is 1. The zero-order chi connectivity index (χ0) is 16.2. The molecule has 0 aliphatic heterocycles. The van der Waals surface area contributed by atoms with Gasteiger partial charge in [-0.2, -0.15) is 13.2 Å². The lowest BCUT2D eigenvalue weighted by Crippen LogP contribution is -2.30. The second kappa shape index (κ2) is 6.33. The lowest BCUT2D eigenvalue weighted by atomic mass is 10.1. The molecule has 1 rings (SSSR count). The molecule has 1 amide bonds. The molecular formula is C12H12F3NO5. The Morgan fingerprint density at radius 3 is 2.14 bits per heavy atom. The highest BCUT2D eigenvalue weighted by Crippen LogP contribution is 2.37. The minimum absolute atomic E-state index is 0.0312. The number of hydrogen-bond acceptors (Lipinski definition) is 5. The third-order valence-electron chi connectivity index (χ3n) is 2.44. The molecule has 116 valence electrons. The Labute approximate surface area is 117 Å². The van der Waals surface area contributed by atoms with Crippen LogP contribution in [0.2, 0.25) is 0 Å². The Morgan fingerprint density at radius 1 is 1.10 bits per heavy atom. The minimum Gasteiger partial charge on any atom is -0.496 e. The number of rotatable bonds is 4. The van der Waals surface area contributed by atoms with Crippen LogP contribution in [0.1, 0.15) is 10.4 Å². The number of alkyl halides is 3. The molecular weight excluding hydrogens is 295 g/mol. The fourth-order valence-corrected chi connectivity index (χ4v) is 1.53. The average molecular weight is 307 g/mol. The van der Waals surface area contributed by atoms with Gasteiger partial charge in [0, 0.05) is 0 Å². The van der Waals surface area contributed by atoms with Gasteiger partial charge in [-0.3, -0.25) is 4.79 Å². The summed E-state index contributed by atoms with van der Waals surface area (Å²) >= 11 is 0. The Kier molecular flexibility index (Phi) is 5.01. The van der Waals surface area contributed by atoms with E-state index in [-0.39, 0.29) is 22.7 Å². The molecule has 0 unspecified atom stereocenters. The van der Waals surface area contributed by atoms with Crippen molar-refractivity contribution in [2.45, 2.75) is 6.18 Å². The van der Waals surface area contributed by atoms with Gasteiger partial charge in [-0.15, -0.1) is 0 Å². The predicted molar refractivity (Wildman–Crippen MR) is 65.6 cm³/mol. The highest BCUT2D eigenvalue weighted by atomic mass is 19.4. The van der Waals surface area contributed by atoms with Crippen molar-refractivity contribution in [3.8, 4) is 11.5 Å². The van der Waals surface area contributed by atoms with Crippen LogP contribution in [-0.4, -0.2) is 39.4 Å². The smallest absolute Gasteiger partial charge is 0.471 e. The number of anilines is 1. The lowest BCUT2D eigenvalue weighted by Gasteiger charge is -2.16.